The highest BCUT2D eigenvalue weighted by Crippen LogP contribution is 2.31. The van der Waals surface area contributed by atoms with E-state index in [1.807, 2.05) is 30.1 Å². The van der Waals surface area contributed by atoms with Gasteiger partial charge in [-0.25, -0.2) is 9.78 Å². The molecule has 0 aliphatic rings. The predicted molar refractivity (Wildman–Crippen MR) is 91.8 cm³/mol. The number of para-hydroxylation sites is 1. The van der Waals surface area contributed by atoms with Gasteiger partial charge in [-0.05, 0) is 25.1 Å². The molecule has 1 heterocycles. The molecule has 0 unspecified atom stereocenters. The van der Waals surface area contributed by atoms with Crippen LogP contribution in [0.1, 0.15) is 22.8 Å². The summed E-state index contributed by atoms with van der Waals surface area (Å²) >= 11 is 0. The summed E-state index contributed by atoms with van der Waals surface area (Å²) < 4.78 is 15.7. The SMILES string of the molecule is CCOC(=O)c1ccc(N(C)Cc2cccc(OC)c2OC)nc1. The molecular weight excluding hydrogens is 308 g/mol. The zero-order valence-electron chi connectivity index (χ0n) is 14.4. The number of rotatable bonds is 7. The molecule has 2 rings (SSSR count). The topological polar surface area (TPSA) is 60.9 Å². The molecule has 6 heteroatoms. The van der Waals surface area contributed by atoms with Gasteiger partial charge >= 0.3 is 5.97 Å². The van der Waals surface area contributed by atoms with Crippen molar-refractivity contribution in [3.63, 3.8) is 0 Å². The van der Waals surface area contributed by atoms with Crippen LogP contribution in [-0.2, 0) is 11.3 Å². The van der Waals surface area contributed by atoms with Gasteiger partial charge in [-0.2, -0.15) is 0 Å². The van der Waals surface area contributed by atoms with Gasteiger partial charge in [0.25, 0.3) is 0 Å². The summed E-state index contributed by atoms with van der Waals surface area (Å²) in [6, 6.07) is 9.25. The normalized spacial score (nSPS) is 10.2. The monoisotopic (exact) mass is 330 g/mol. The second kappa shape index (κ2) is 8.19. The van der Waals surface area contributed by atoms with Gasteiger partial charge in [0.1, 0.15) is 5.82 Å². The van der Waals surface area contributed by atoms with Crippen LogP contribution in [0.2, 0.25) is 0 Å². The van der Waals surface area contributed by atoms with Crippen molar-refractivity contribution in [2.45, 2.75) is 13.5 Å². The third-order valence-corrected chi connectivity index (χ3v) is 3.54. The number of hydrogen-bond acceptors (Lipinski definition) is 6. The lowest BCUT2D eigenvalue weighted by Gasteiger charge is -2.20. The molecule has 0 saturated carbocycles. The summed E-state index contributed by atoms with van der Waals surface area (Å²) in [6.07, 6.45) is 1.52. The van der Waals surface area contributed by atoms with Gasteiger partial charge in [-0.15, -0.1) is 0 Å². The zero-order chi connectivity index (χ0) is 17.5. The predicted octanol–water partition coefficient (Wildman–Crippen LogP) is 2.91. The molecule has 128 valence electrons. The third-order valence-electron chi connectivity index (χ3n) is 3.54. The van der Waals surface area contributed by atoms with Gasteiger partial charge in [0.15, 0.2) is 11.5 Å². The number of carbonyl (C=O) groups excluding carboxylic acids is 1. The van der Waals surface area contributed by atoms with Crippen LogP contribution in [0.3, 0.4) is 0 Å². The van der Waals surface area contributed by atoms with Crippen molar-refractivity contribution in [2.24, 2.45) is 0 Å². The van der Waals surface area contributed by atoms with Crippen molar-refractivity contribution in [2.75, 3.05) is 32.8 Å². The number of benzene rings is 1. The molecule has 0 fully saturated rings. The molecule has 0 aliphatic heterocycles. The Balaban J connectivity index is 2.15. The molecule has 0 saturated heterocycles. The first-order valence-corrected chi connectivity index (χ1v) is 7.64. The maximum Gasteiger partial charge on any atom is 0.339 e. The van der Waals surface area contributed by atoms with Gasteiger partial charge in [0, 0.05) is 25.4 Å². The van der Waals surface area contributed by atoms with Gasteiger partial charge < -0.3 is 19.1 Å². The molecule has 0 atom stereocenters. The largest absolute Gasteiger partial charge is 0.493 e. The Bertz CT molecular complexity index is 686. The van der Waals surface area contributed by atoms with Crippen molar-refractivity contribution in [3.8, 4) is 11.5 Å². The van der Waals surface area contributed by atoms with Crippen molar-refractivity contribution < 1.29 is 19.0 Å². The molecule has 0 spiro atoms. The Labute approximate surface area is 142 Å². The Morgan fingerprint density at radius 3 is 2.54 bits per heavy atom. The van der Waals surface area contributed by atoms with E-state index in [2.05, 4.69) is 4.98 Å². The Morgan fingerprint density at radius 1 is 1.17 bits per heavy atom. The molecule has 1 aromatic heterocycles. The molecule has 0 aliphatic carbocycles. The highest BCUT2D eigenvalue weighted by atomic mass is 16.5. The van der Waals surface area contributed by atoms with Crippen LogP contribution in [-0.4, -0.2) is 38.8 Å². The fourth-order valence-corrected chi connectivity index (χ4v) is 2.36. The van der Waals surface area contributed by atoms with Gasteiger partial charge in [-0.3, -0.25) is 0 Å². The fraction of sp³-hybridized carbons (Fsp3) is 0.333. The lowest BCUT2D eigenvalue weighted by Crippen LogP contribution is -2.18. The maximum absolute atomic E-state index is 11.7. The van der Waals surface area contributed by atoms with E-state index in [-0.39, 0.29) is 5.97 Å². The van der Waals surface area contributed by atoms with E-state index >= 15 is 0 Å². The summed E-state index contributed by atoms with van der Waals surface area (Å²) in [6.45, 7) is 2.71. The van der Waals surface area contributed by atoms with Crippen LogP contribution in [0.15, 0.2) is 36.5 Å². The first-order valence-electron chi connectivity index (χ1n) is 7.64. The van der Waals surface area contributed by atoms with Crippen LogP contribution in [0.4, 0.5) is 5.82 Å². The number of pyridine rings is 1. The van der Waals surface area contributed by atoms with Crippen LogP contribution >= 0.6 is 0 Å². The van der Waals surface area contributed by atoms with Gasteiger partial charge in [0.2, 0.25) is 0 Å². The molecule has 0 bridgehead atoms. The molecule has 0 radical (unpaired) electrons. The minimum Gasteiger partial charge on any atom is -0.493 e. The van der Waals surface area contributed by atoms with Crippen molar-refractivity contribution in [1.29, 1.82) is 0 Å². The Hall–Kier alpha value is -2.76. The Morgan fingerprint density at radius 2 is 1.96 bits per heavy atom. The molecule has 6 nitrogen and oxygen atoms in total. The molecule has 0 amide bonds. The summed E-state index contributed by atoms with van der Waals surface area (Å²) in [7, 11) is 5.15. The average Bonchev–Trinajstić information content (AvgIpc) is 2.61. The minimum absolute atomic E-state index is 0.343. The second-order valence-electron chi connectivity index (χ2n) is 5.13. The minimum atomic E-state index is -0.367. The van der Waals surface area contributed by atoms with E-state index in [4.69, 9.17) is 14.2 Å². The quantitative estimate of drug-likeness (QED) is 0.728. The molecule has 1 aromatic carbocycles. The average molecular weight is 330 g/mol. The van der Waals surface area contributed by atoms with Crippen LogP contribution in [0, 0.1) is 0 Å². The van der Waals surface area contributed by atoms with Crippen LogP contribution in [0.5, 0.6) is 11.5 Å². The van der Waals surface area contributed by atoms with E-state index in [9.17, 15) is 4.79 Å². The summed E-state index contributed by atoms with van der Waals surface area (Å²) in [5.41, 5.74) is 1.42. The van der Waals surface area contributed by atoms with Crippen molar-refractivity contribution in [1.82, 2.24) is 4.98 Å². The maximum atomic E-state index is 11.7. The number of nitrogens with zero attached hydrogens (tertiary/aromatic N) is 2. The number of hydrogen-bond donors (Lipinski definition) is 0. The van der Waals surface area contributed by atoms with Gasteiger partial charge in [0.05, 0.1) is 26.4 Å². The second-order valence-corrected chi connectivity index (χ2v) is 5.13. The Kier molecular flexibility index (Phi) is 6.01. The first-order chi connectivity index (χ1) is 11.6. The number of methoxy groups -OCH3 is 2. The zero-order valence-corrected chi connectivity index (χ0v) is 14.4. The number of aromatic nitrogens is 1. The molecule has 0 N–H and O–H groups in total. The number of anilines is 1. The third kappa shape index (κ3) is 3.95. The van der Waals surface area contributed by atoms with E-state index in [0.717, 1.165) is 11.4 Å². The molecule has 24 heavy (non-hydrogen) atoms. The molecule has 2 aromatic rings. The number of carbonyl (C=O) groups is 1. The van der Waals surface area contributed by atoms with E-state index in [1.54, 1.807) is 33.3 Å². The number of esters is 1. The van der Waals surface area contributed by atoms with Crippen molar-refractivity contribution in [3.05, 3.63) is 47.7 Å². The highest BCUT2D eigenvalue weighted by molar-refractivity contribution is 5.89. The lowest BCUT2D eigenvalue weighted by molar-refractivity contribution is 0.0526. The van der Waals surface area contributed by atoms with Crippen molar-refractivity contribution >= 4 is 11.8 Å². The van der Waals surface area contributed by atoms with E-state index < -0.39 is 0 Å². The standard InChI is InChI=1S/C18H22N2O4/c1-5-24-18(21)13-9-10-16(19-11-13)20(2)12-14-7-6-8-15(22-3)17(14)23-4/h6-11H,5,12H2,1-4H3. The summed E-state index contributed by atoms with van der Waals surface area (Å²) in [5, 5.41) is 0. The van der Waals surface area contributed by atoms with E-state index in [0.29, 0.717) is 30.2 Å². The highest BCUT2D eigenvalue weighted by Gasteiger charge is 2.13. The lowest BCUT2D eigenvalue weighted by atomic mass is 10.1. The van der Waals surface area contributed by atoms with Crippen LogP contribution < -0.4 is 14.4 Å². The van der Waals surface area contributed by atoms with Crippen LogP contribution in [0.25, 0.3) is 0 Å². The summed E-state index contributed by atoms with van der Waals surface area (Å²) in [4.78, 5) is 18.0. The fourth-order valence-electron chi connectivity index (χ4n) is 2.36. The number of ether oxygens (including phenoxy) is 3. The summed E-state index contributed by atoms with van der Waals surface area (Å²) in [5.74, 6) is 1.77. The first kappa shape index (κ1) is 17.6. The van der Waals surface area contributed by atoms with E-state index in [1.165, 1.54) is 6.20 Å². The smallest absolute Gasteiger partial charge is 0.339 e. The molecular formula is C18H22N2O4. The van der Waals surface area contributed by atoms with Gasteiger partial charge in [-0.1, -0.05) is 12.1 Å².